The van der Waals surface area contributed by atoms with Gasteiger partial charge in [-0.3, -0.25) is 9.59 Å². The number of hydrogen-bond acceptors (Lipinski definition) is 5. The third kappa shape index (κ3) is 6.97. The maximum absolute atomic E-state index is 12.9. The van der Waals surface area contributed by atoms with Gasteiger partial charge < -0.3 is 15.2 Å². The van der Waals surface area contributed by atoms with E-state index in [9.17, 15) is 27.9 Å². The first-order valence-corrected chi connectivity index (χ1v) is 10.4. The Morgan fingerprint density at radius 1 is 1.11 bits per heavy atom. The number of alkyl halides is 3. The van der Waals surface area contributed by atoms with E-state index >= 15 is 0 Å². The largest absolute Gasteiger partial charge is 0.506 e. The van der Waals surface area contributed by atoms with Crippen LogP contribution < -0.4 is 15.5 Å². The van der Waals surface area contributed by atoms with E-state index < -0.39 is 23.6 Å². The lowest BCUT2D eigenvalue weighted by Gasteiger charge is -2.11. The SMILES string of the molecule is COc1cc(NC(=O)Cc2cccc(C(F)(F)F)c2)ccc1C=NNC(=O)c1ccc(O)c(Cl)c1. The van der Waals surface area contributed by atoms with Gasteiger partial charge in [-0.2, -0.15) is 18.3 Å². The number of anilines is 1. The molecule has 2 amide bonds. The zero-order valence-corrected chi connectivity index (χ0v) is 18.9. The molecule has 0 aromatic heterocycles. The fraction of sp³-hybridized carbons (Fsp3) is 0.125. The molecular weight excluding hydrogens is 487 g/mol. The van der Waals surface area contributed by atoms with Crippen LogP contribution in [0.25, 0.3) is 0 Å². The van der Waals surface area contributed by atoms with Crippen molar-refractivity contribution in [1.29, 1.82) is 0 Å². The predicted molar refractivity (Wildman–Crippen MR) is 125 cm³/mol. The predicted octanol–water partition coefficient (Wildman–Crippen LogP) is 5.02. The van der Waals surface area contributed by atoms with Gasteiger partial charge in [0, 0.05) is 22.9 Å². The summed E-state index contributed by atoms with van der Waals surface area (Å²) in [5.41, 5.74) is 2.74. The standard InChI is InChI=1S/C24H19ClF3N3O4/c1-35-21-12-18(30-22(33)10-14-3-2-4-17(9-14)24(26,27)28)7-5-16(21)13-29-31-23(34)15-6-8-20(32)19(25)11-15/h2-9,11-13,32H,10H2,1H3,(H,30,33)(H,31,34). The molecule has 0 heterocycles. The molecule has 0 atom stereocenters. The van der Waals surface area contributed by atoms with E-state index in [1.807, 2.05) is 0 Å². The zero-order valence-electron chi connectivity index (χ0n) is 18.2. The molecule has 0 aliphatic rings. The number of hydrazone groups is 1. The normalized spacial score (nSPS) is 11.3. The van der Waals surface area contributed by atoms with Crippen molar-refractivity contribution in [3.8, 4) is 11.5 Å². The van der Waals surface area contributed by atoms with Gasteiger partial charge in [0.2, 0.25) is 5.91 Å². The number of rotatable bonds is 7. The van der Waals surface area contributed by atoms with Gasteiger partial charge in [0.25, 0.3) is 5.91 Å². The highest BCUT2D eigenvalue weighted by Gasteiger charge is 2.30. The molecule has 3 rings (SSSR count). The fourth-order valence-corrected chi connectivity index (χ4v) is 3.20. The van der Waals surface area contributed by atoms with E-state index in [0.29, 0.717) is 17.0 Å². The second-order valence-corrected chi connectivity index (χ2v) is 7.65. The number of carbonyl (C=O) groups excluding carboxylic acids is 2. The van der Waals surface area contributed by atoms with Crippen LogP contribution >= 0.6 is 11.6 Å². The van der Waals surface area contributed by atoms with Crippen LogP contribution in [0.1, 0.15) is 27.0 Å². The van der Waals surface area contributed by atoms with Gasteiger partial charge in [0.15, 0.2) is 0 Å². The summed E-state index contributed by atoms with van der Waals surface area (Å²) in [6.07, 6.45) is -3.41. The molecular formula is C24H19ClF3N3O4. The van der Waals surface area contributed by atoms with E-state index in [1.165, 1.54) is 49.7 Å². The van der Waals surface area contributed by atoms with Crippen LogP contribution in [0.3, 0.4) is 0 Å². The highest BCUT2D eigenvalue weighted by atomic mass is 35.5. The Kier molecular flexibility index (Phi) is 7.98. The highest BCUT2D eigenvalue weighted by molar-refractivity contribution is 6.32. The van der Waals surface area contributed by atoms with Crippen molar-refractivity contribution in [3.05, 3.63) is 87.9 Å². The summed E-state index contributed by atoms with van der Waals surface area (Å²) in [5.74, 6) is -0.890. The second kappa shape index (κ2) is 10.9. The van der Waals surface area contributed by atoms with Gasteiger partial charge >= 0.3 is 6.18 Å². The Hall–Kier alpha value is -4.05. The smallest absolute Gasteiger partial charge is 0.416 e. The molecule has 0 spiro atoms. The van der Waals surface area contributed by atoms with Crippen molar-refractivity contribution in [2.45, 2.75) is 12.6 Å². The molecule has 35 heavy (non-hydrogen) atoms. The van der Waals surface area contributed by atoms with Gasteiger partial charge in [-0.1, -0.05) is 29.8 Å². The number of aromatic hydroxyl groups is 1. The number of halogens is 4. The molecule has 3 N–H and O–H groups in total. The quantitative estimate of drug-likeness (QED) is 0.310. The Bertz CT molecular complexity index is 1280. The number of methoxy groups -OCH3 is 1. The molecule has 0 saturated heterocycles. The maximum atomic E-state index is 12.9. The molecule has 11 heteroatoms. The summed E-state index contributed by atoms with van der Waals surface area (Å²) < 4.78 is 43.9. The van der Waals surface area contributed by atoms with Crippen LogP contribution in [0, 0.1) is 0 Å². The maximum Gasteiger partial charge on any atom is 0.416 e. The van der Waals surface area contributed by atoms with E-state index in [-0.39, 0.29) is 28.3 Å². The van der Waals surface area contributed by atoms with Crippen molar-refractivity contribution in [3.63, 3.8) is 0 Å². The minimum Gasteiger partial charge on any atom is -0.506 e. The molecule has 0 bridgehead atoms. The number of nitrogens with one attached hydrogen (secondary N) is 2. The van der Waals surface area contributed by atoms with Gasteiger partial charge in [-0.15, -0.1) is 0 Å². The monoisotopic (exact) mass is 505 g/mol. The number of ether oxygens (including phenoxy) is 1. The fourth-order valence-electron chi connectivity index (χ4n) is 3.02. The Morgan fingerprint density at radius 2 is 1.89 bits per heavy atom. The molecule has 0 aliphatic heterocycles. The zero-order chi connectivity index (χ0) is 25.6. The molecule has 0 saturated carbocycles. The first-order valence-electron chi connectivity index (χ1n) is 10.0. The number of carbonyl (C=O) groups is 2. The number of hydrogen-bond donors (Lipinski definition) is 3. The van der Waals surface area contributed by atoms with Crippen LogP contribution in [0.4, 0.5) is 18.9 Å². The van der Waals surface area contributed by atoms with Crippen molar-refractivity contribution in [2.24, 2.45) is 5.10 Å². The number of phenols is 1. The molecule has 182 valence electrons. The summed E-state index contributed by atoms with van der Waals surface area (Å²) in [6.45, 7) is 0. The summed E-state index contributed by atoms with van der Waals surface area (Å²) >= 11 is 5.79. The lowest BCUT2D eigenvalue weighted by Crippen LogP contribution is -2.17. The lowest BCUT2D eigenvalue weighted by atomic mass is 10.1. The number of phenolic OH excluding ortho intramolecular Hbond substituents is 1. The van der Waals surface area contributed by atoms with Crippen molar-refractivity contribution in [2.75, 3.05) is 12.4 Å². The Balaban J connectivity index is 1.64. The highest BCUT2D eigenvalue weighted by Crippen LogP contribution is 2.30. The van der Waals surface area contributed by atoms with Crippen molar-refractivity contribution < 1.29 is 32.6 Å². The Morgan fingerprint density at radius 3 is 2.57 bits per heavy atom. The minimum absolute atomic E-state index is 0.0222. The summed E-state index contributed by atoms with van der Waals surface area (Å²) in [5, 5.41) is 15.9. The molecule has 3 aromatic carbocycles. The molecule has 0 radical (unpaired) electrons. The third-order valence-electron chi connectivity index (χ3n) is 4.72. The second-order valence-electron chi connectivity index (χ2n) is 7.25. The first kappa shape index (κ1) is 25.6. The number of benzene rings is 3. The van der Waals surface area contributed by atoms with Crippen LogP contribution in [-0.2, 0) is 17.4 Å². The molecule has 0 fully saturated rings. The van der Waals surface area contributed by atoms with Gasteiger partial charge in [-0.25, -0.2) is 5.43 Å². The number of amides is 2. The summed E-state index contributed by atoms with van der Waals surface area (Å²) in [6, 6.07) is 13.1. The summed E-state index contributed by atoms with van der Waals surface area (Å²) in [4.78, 5) is 24.5. The average molecular weight is 506 g/mol. The molecule has 7 nitrogen and oxygen atoms in total. The van der Waals surface area contributed by atoms with E-state index in [0.717, 1.165) is 12.1 Å². The van der Waals surface area contributed by atoms with E-state index in [4.69, 9.17) is 16.3 Å². The lowest BCUT2D eigenvalue weighted by molar-refractivity contribution is -0.137. The number of nitrogens with zero attached hydrogens (tertiary/aromatic N) is 1. The van der Waals surface area contributed by atoms with Crippen LogP contribution in [0.2, 0.25) is 5.02 Å². The average Bonchev–Trinajstić information content (AvgIpc) is 2.81. The van der Waals surface area contributed by atoms with E-state index in [1.54, 1.807) is 12.1 Å². The van der Waals surface area contributed by atoms with Crippen molar-refractivity contribution in [1.82, 2.24) is 5.43 Å². The van der Waals surface area contributed by atoms with Crippen molar-refractivity contribution >= 4 is 35.3 Å². The van der Waals surface area contributed by atoms with Gasteiger partial charge in [0.1, 0.15) is 11.5 Å². The molecule has 0 unspecified atom stereocenters. The first-order chi connectivity index (χ1) is 16.6. The molecule has 3 aromatic rings. The summed E-state index contributed by atoms with van der Waals surface area (Å²) in [7, 11) is 1.40. The topological polar surface area (TPSA) is 100 Å². The van der Waals surface area contributed by atoms with Gasteiger partial charge in [0.05, 0.1) is 30.3 Å². The van der Waals surface area contributed by atoms with Crippen LogP contribution in [-0.4, -0.2) is 30.2 Å². The molecule has 0 aliphatic carbocycles. The van der Waals surface area contributed by atoms with Crippen LogP contribution in [0.5, 0.6) is 11.5 Å². The van der Waals surface area contributed by atoms with Crippen LogP contribution in [0.15, 0.2) is 65.8 Å². The van der Waals surface area contributed by atoms with E-state index in [2.05, 4.69) is 15.8 Å². The minimum atomic E-state index is -4.49. The third-order valence-corrected chi connectivity index (χ3v) is 5.02. The van der Waals surface area contributed by atoms with Gasteiger partial charge in [-0.05, 0) is 42.0 Å². The Labute approximate surface area is 203 Å².